The SMILES string of the molecule is CCOc1ccc(-n2c(SCC(=O)NN=Cc3cc(OC)c(OC)c(OC)c3)nc3ccccc3c2=O)cc1. The van der Waals surface area contributed by atoms with Crippen LogP contribution in [0.3, 0.4) is 0 Å². The Bertz CT molecular complexity index is 1530. The van der Waals surface area contributed by atoms with Crippen LogP contribution in [0.1, 0.15) is 12.5 Å². The number of hydrogen-bond donors (Lipinski definition) is 1. The fourth-order valence-electron chi connectivity index (χ4n) is 3.81. The molecule has 4 rings (SSSR count). The minimum absolute atomic E-state index is 0.0194. The molecule has 0 spiro atoms. The number of aromatic nitrogens is 2. The van der Waals surface area contributed by atoms with Gasteiger partial charge in [0, 0.05) is 5.56 Å². The van der Waals surface area contributed by atoms with Crippen molar-refractivity contribution in [2.75, 3.05) is 33.7 Å². The van der Waals surface area contributed by atoms with Crippen LogP contribution in [0, 0.1) is 0 Å². The summed E-state index contributed by atoms with van der Waals surface area (Å²) in [6.07, 6.45) is 1.47. The first-order valence-corrected chi connectivity index (χ1v) is 13.0. The molecule has 0 bridgehead atoms. The number of nitrogens with one attached hydrogen (secondary N) is 1. The van der Waals surface area contributed by atoms with Crippen LogP contribution in [0.5, 0.6) is 23.0 Å². The van der Waals surface area contributed by atoms with Crippen molar-refractivity contribution < 1.29 is 23.7 Å². The highest BCUT2D eigenvalue weighted by Crippen LogP contribution is 2.37. The van der Waals surface area contributed by atoms with Gasteiger partial charge in [0.1, 0.15) is 5.75 Å². The summed E-state index contributed by atoms with van der Waals surface area (Å²) in [6.45, 7) is 2.44. The molecule has 0 fully saturated rings. The summed E-state index contributed by atoms with van der Waals surface area (Å²) in [6, 6.07) is 17.7. The van der Waals surface area contributed by atoms with Gasteiger partial charge < -0.3 is 18.9 Å². The number of carbonyl (C=O) groups excluding carboxylic acids is 1. The Hall–Kier alpha value is -4.51. The molecule has 1 amide bonds. The fraction of sp³-hybridized carbons (Fsp3) is 0.214. The van der Waals surface area contributed by atoms with E-state index >= 15 is 0 Å². The molecule has 10 nitrogen and oxygen atoms in total. The molecule has 4 aromatic rings. The molecule has 0 aliphatic rings. The highest BCUT2D eigenvalue weighted by atomic mass is 32.2. The van der Waals surface area contributed by atoms with E-state index in [1.807, 2.05) is 13.0 Å². The lowest BCUT2D eigenvalue weighted by molar-refractivity contribution is -0.118. The van der Waals surface area contributed by atoms with Crippen LogP contribution in [0.4, 0.5) is 0 Å². The van der Waals surface area contributed by atoms with Crippen molar-refractivity contribution in [1.82, 2.24) is 15.0 Å². The molecule has 1 N–H and O–H groups in total. The van der Waals surface area contributed by atoms with Crippen molar-refractivity contribution in [3.63, 3.8) is 0 Å². The van der Waals surface area contributed by atoms with Gasteiger partial charge >= 0.3 is 0 Å². The maximum atomic E-state index is 13.4. The molecule has 0 unspecified atom stereocenters. The van der Waals surface area contributed by atoms with Crippen molar-refractivity contribution in [2.45, 2.75) is 12.1 Å². The number of nitrogens with zero attached hydrogens (tertiary/aromatic N) is 3. The molecule has 3 aromatic carbocycles. The van der Waals surface area contributed by atoms with Crippen molar-refractivity contribution in [3.05, 3.63) is 76.6 Å². The average Bonchev–Trinajstić information content (AvgIpc) is 2.96. The zero-order valence-electron chi connectivity index (χ0n) is 22.0. The Kier molecular flexibility index (Phi) is 9.06. The molecule has 202 valence electrons. The molecular weight excluding hydrogens is 520 g/mol. The highest BCUT2D eigenvalue weighted by molar-refractivity contribution is 7.99. The second kappa shape index (κ2) is 12.8. The van der Waals surface area contributed by atoms with Crippen molar-refractivity contribution >= 4 is 34.8 Å². The van der Waals surface area contributed by atoms with Gasteiger partial charge in [0.2, 0.25) is 5.75 Å². The van der Waals surface area contributed by atoms with Crippen molar-refractivity contribution in [2.24, 2.45) is 5.10 Å². The third kappa shape index (κ3) is 6.32. The summed E-state index contributed by atoms with van der Waals surface area (Å²) in [5, 5.41) is 4.91. The zero-order valence-corrected chi connectivity index (χ0v) is 22.8. The molecule has 0 radical (unpaired) electrons. The highest BCUT2D eigenvalue weighted by Gasteiger charge is 2.15. The van der Waals surface area contributed by atoms with E-state index in [0.717, 1.165) is 11.8 Å². The number of hydrazone groups is 1. The number of carbonyl (C=O) groups is 1. The van der Waals surface area contributed by atoms with Crippen LogP contribution in [0.25, 0.3) is 16.6 Å². The lowest BCUT2D eigenvalue weighted by Gasteiger charge is -2.13. The Morgan fingerprint density at radius 1 is 1.03 bits per heavy atom. The van der Waals surface area contributed by atoms with Crippen molar-refractivity contribution in [3.8, 4) is 28.7 Å². The van der Waals surface area contributed by atoms with E-state index in [1.54, 1.807) is 54.6 Å². The second-order valence-electron chi connectivity index (χ2n) is 8.02. The molecule has 1 aromatic heterocycles. The predicted octanol–water partition coefficient (Wildman–Crippen LogP) is 4.05. The number of amides is 1. The molecule has 0 aliphatic heterocycles. The number of rotatable bonds is 11. The van der Waals surface area contributed by atoms with E-state index in [9.17, 15) is 9.59 Å². The number of ether oxygens (including phenoxy) is 4. The van der Waals surface area contributed by atoms with Gasteiger partial charge in [-0.2, -0.15) is 5.10 Å². The van der Waals surface area contributed by atoms with E-state index in [1.165, 1.54) is 32.1 Å². The molecule has 0 saturated heterocycles. The second-order valence-corrected chi connectivity index (χ2v) is 8.96. The average molecular weight is 549 g/mol. The standard InChI is InChI=1S/C28H28N4O6S/c1-5-38-20-12-10-19(11-13-20)32-27(34)21-8-6-7-9-22(21)30-28(32)39-17-25(33)31-29-16-18-14-23(35-2)26(37-4)24(15-18)36-3/h6-16H,5,17H2,1-4H3,(H,31,33). The minimum Gasteiger partial charge on any atom is -0.494 e. The molecule has 11 heteroatoms. The Morgan fingerprint density at radius 2 is 1.72 bits per heavy atom. The maximum absolute atomic E-state index is 13.4. The smallest absolute Gasteiger partial charge is 0.266 e. The van der Waals surface area contributed by atoms with Crippen LogP contribution in [0.15, 0.2) is 75.7 Å². The summed E-state index contributed by atoms with van der Waals surface area (Å²) < 4.78 is 23.0. The van der Waals surface area contributed by atoms with Gasteiger partial charge in [-0.15, -0.1) is 0 Å². The zero-order chi connectivity index (χ0) is 27.8. The number of thioether (sulfide) groups is 1. The Balaban J connectivity index is 1.53. The maximum Gasteiger partial charge on any atom is 0.266 e. The molecule has 0 saturated carbocycles. The monoisotopic (exact) mass is 548 g/mol. The topological polar surface area (TPSA) is 113 Å². The van der Waals surface area contributed by atoms with Crippen LogP contribution in [0.2, 0.25) is 0 Å². The summed E-state index contributed by atoms with van der Waals surface area (Å²) >= 11 is 1.13. The first-order chi connectivity index (χ1) is 19.0. The van der Waals surface area contributed by atoms with E-state index in [4.69, 9.17) is 18.9 Å². The number of fused-ring (bicyclic) bond motifs is 1. The van der Waals surface area contributed by atoms with Gasteiger partial charge in [-0.05, 0) is 55.5 Å². The largest absolute Gasteiger partial charge is 0.494 e. The van der Waals surface area contributed by atoms with Gasteiger partial charge in [-0.3, -0.25) is 14.2 Å². The molecule has 39 heavy (non-hydrogen) atoms. The van der Waals surface area contributed by atoms with E-state index in [-0.39, 0.29) is 17.2 Å². The number of methoxy groups -OCH3 is 3. The van der Waals surface area contributed by atoms with Crippen LogP contribution in [-0.4, -0.2) is 55.4 Å². The van der Waals surface area contributed by atoms with Gasteiger partial charge in [-0.1, -0.05) is 23.9 Å². The van der Waals surface area contributed by atoms with Crippen LogP contribution in [-0.2, 0) is 4.79 Å². The molecule has 0 atom stereocenters. The lowest BCUT2D eigenvalue weighted by atomic mass is 10.2. The predicted molar refractivity (Wildman–Crippen MR) is 151 cm³/mol. The van der Waals surface area contributed by atoms with Gasteiger partial charge in [0.25, 0.3) is 11.5 Å². The third-order valence-electron chi connectivity index (χ3n) is 5.57. The lowest BCUT2D eigenvalue weighted by Crippen LogP contribution is -2.24. The van der Waals surface area contributed by atoms with Gasteiger partial charge in [0.05, 0.1) is 56.5 Å². The van der Waals surface area contributed by atoms with Crippen molar-refractivity contribution in [1.29, 1.82) is 0 Å². The van der Waals surface area contributed by atoms with Gasteiger partial charge in [0.15, 0.2) is 16.7 Å². The number of para-hydroxylation sites is 1. The Morgan fingerprint density at radius 3 is 2.36 bits per heavy atom. The van der Waals surface area contributed by atoms with E-state index in [0.29, 0.717) is 56.9 Å². The molecule has 1 heterocycles. The first-order valence-electron chi connectivity index (χ1n) is 12.0. The third-order valence-corrected chi connectivity index (χ3v) is 6.51. The van der Waals surface area contributed by atoms with Crippen LogP contribution < -0.4 is 29.9 Å². The van der Waals surface area contributed by atoms with E-state index in [2.05, 4.69) is 15.5 Å². The fourth-order valence-corrected chi connectivity index (χ4v) is 4.62. The summed E-state index contributed by atoms with van der Waals surface area (Å²) in [5.41, 5.74) is 4.08. The quantitative estimate of drug-likeness (QED) is 0.129. The summed E-state index contributed by atoms with van der Waals surface area (Å²) in [5.74, 6) is 1.70. The van der Waals surface area contributed by atoms with Crippen LogP contribution >= 0.6 is 11.8 Å². The number of benzene rings is 3. The minimum atomic E-state index is -0.371. The Labute approximate surface area is 229 Å². The summed E-state index contributed by atoms with van der Waals surface area (Å²) in [4.78, 5) is 30.7. The molecular formula is C28H28N4O6S. The first kappa shape index (κ1) is 27.5. The molecule has 0 aliphatic carbocycles. The normalized spacial score (nSPS) is 11.0. The number of hydrogen-bond acceptors (Lipinski definition) is 9. The summed E-state index contributed by atoms with van der Waals surface area (Å²) in [7, 11) is 4.56. The van der Waals surface area contributed by atoms with Gasteiger partial charge in [-0.25, -0.2) is 10.4 Å². The van der Waals surface area contributed by atoms with E-state index < -0.39 is 0 Å².